The number of aliphatic hydroxyl groups excluding tert-OH is 1. The van der Waals surface area contributed by atoms with Gasteiger partial charge in [-0.15, -0.1) is 0 Å². The van der Waals surface area contributed by atoms with Gasteiger partial charge in [0.15, 0.2) is 11.6 Å². The van der Waals surface area contributed by atoms with E-state index in [1.54, 1.807) is 0 Å². The van der Waals surface area contributed by atoms with Crippen molar-refractivity contribution >= 4 is 17.1 Å². The van der Waals surface area contributed by atoms with Crippen LogP contribution in [-0.2, 0) is 12.4 Å². The first-order valence-electron chi connectivity index (χ1n) is 15.4. The fraction of sp³-hybridized carbons (Fsp3) is 0.444. The topological polar surface area (TPSA) is 26.7 Å². The van der Waals surface area contributed by atoms with E-state index in [4.69, 9.17) is 0 Å². The lowest BCUT2D eigenvalue weighted by atomic mass is 9.91. The number of aliphatic hydroxyl groups is 1. The fourth-order valence-electron chi connectivity index (χ4n) is 6.18. The van der Waals surface area contributed by atoms with Gasteiger partial charge in [0, 0.05) is 30.0 Å². The van der Waals surface area contributed by atoms with Gasteiger partial charge >= 0.3 is 12.4 Å². The zero-order valence-electron chi connectivity index (χ0n) is 27.0. The average Bonchev–Trinajstić information content (AvgIpc) is 3.38. The van der Waals surface area contributed by atoms with E-state index in [1.165, 1.54) is 0 Å². The molecule has 1 fully saturated rings. The van der Waals surface area contributed by atoms with Crippen molar-refractivity contribution in [2.75, 3.05) is 22.9 Å². The largest absolute Gasteiger partial charge is 0.504 e. The molecule has 0 aromatic heterocycles. The first-order chi connectivity index (χ1) is 20.9. The molecular weight excluding hydrogens is 590 g/mol. The Morgan fingerprint density at radius 2 is 0.978 bits per heavy atom. The lowest BCUT2D eigenvalue weighted by Gasteiger charge is -2.34. The SMILES string of the molecule is CC(C)c1cccc(C(C)C)c1N1CCN(c2c(C(C)C)cccc2C(C)C)C1=C(O)c1ccc(C(F)(F)F)cc1C(F)(F)F. The molecule has 0 bridgehead atoms. The Bertz CT molecular complexity index is 1440. The number of halogens is 6. The van der Waals surface area contributed by atoms with E-state index < -0.39 is 34.8 Å². The van der Waals surface area contributed by atoms with Crippen molar-refractivity contribution in [3.8, 4) is 0 Å². The van der Waals surface area contributed by atoms with Crippen molar-refractivity contribution in [2.24, 2.45) is 0 Å². The van der Waals surface area contributed by atoms with Crippen molar-refractivity contribution in [3.63, 3.8) is 0 Å². The second-order valence-corrected chi connectivity index (χ2v) is 12.9. The highest BCUT2D eigenvalue weighted by atomic mass is 19.4. The van der Waals surface area contributed by atoms with Crippen molar-refractivity contribution in [3.05, 3.63) is 99.4 Å². The monoisotopic (exact) mass is 632 g/mol. The van der Waals surface area contributed by atoms with Crippen LogP contribution in [0.5, 0.6) is 0 Å². The minimum Gasteiger partial charge on any atom is -0.504 e. The molecule has 4 rings (SSSR count). The molecule has 0 unspecified atom stereocenters. The summed E-state index contributed by atoms with van der Waals surface area (Å²) < 4.78 is 84.1. The Morgan fingerprint density at radius 1 is 0.600 bits per heavy atom. The molecule has 1 saturated heterocycles. The molecule has 9 heteroatoms. The molecule has 1 N–H and O–H groups in total. The third-order valence-corrected chi connectivity index (χ3v) is 8.40. The van der Waals surface area contributed by atoms with Gasteiger partial charge in [-0.1, -0.05) is 91.8 Å². The summed E-state index contributed by atoms with van der Waals surface area (Å²) in [6.07, 6.45) is -10.1. The molecule has 0 amide bonds. The normalized spacial score (nSPS) is 14.6. The Labute approximate surface area is 262 Å². The van der Waals surface area contributed by atoms with E-state index in [2.05, 4.69) is 0 Å². The lowest BCUT2D eigenvalue weighted by molar-refractivity contribution is -0.143. The maximum atomic E-state index is 14.5. The Balaban J connectivity index is 2.15. The number of alkyl halides is 6. The van der Waals surface area contributed by atoms with Gasteiger partial charge in [-0.2, -0.15) is 26.3 Å². The molecule has 0 aliphatic carbocycles. The second-order valence-electron chi connectivity index (χ2n) is 12.9. The summed E-state index contributed by atoms with van der Waals surface area (Å²) >= 11 is 0. The number of para-hydroxylation sites is 2. The maximum Gasteiger partial charge on any atom is 0.417 e. The summed E-state index contributed by atoms with van der Waals surface area (Å²) in [6, 6.07) is 13.2. The van der Waals surface area contributed by atoms with Gasteiger partial charge < -0.3 is 14.9 Å². The molecule has 1 heterocycles. The Kier molecular flexibility index (Phi) is 9.62. The molecule has 0 spiro atoms. The fourth-order valence-corrected chi connectivity index (χ4v) is 6.18. The van der Waals surface area contributed by atoms with Crippen molar-refractivity contribution in [1.82, 2.24) is 0 Å². The van der Waals surface area contributed by atoms with Crippen LogP contribution in [0.2, 0.25) is 0 Å². The minimum absolute atomic E-state index is 0.0436. The third kappa shape index (κ3) is 6.68. The highest BCUT2D eigenvalue weighted by molar-refractivity contribution is 5.81. The number of nitrogens with zero attached hydrogens (tertiary/aromatic N) is 2. The van der Waals surface area contributed by atoms with Crippen LogP contribution < -0.4 is 9.80 Å². The van der Waals surface area contributed by atoms with Gasteiger partial charge in [-0.05, 0) is 64.1 Å². The van der Waals surface area contributed by atoms with Crippen LogP contribution in [0.3, 0.4) is 0 Å². The molecule has 0 atom stereocenters. The standard InChI is InChI=1S/C36H42F6N2O/c1-20(2)25-11-9-12-26(21(3)4)31(25)43-17-18-44(32-27(22(5)6)13-10-14-28(32)23(7)8)34(43)33(45)29-16-15-24(35(37,38)39)19-30(29)36(40,41)42/h9-16,19-23,45H,17-18H2,1-8H3. The first-order valence-corrected chi connectivity index (χ1v) is 15.4. The van der Waals surface area contributed by atoms with Crippen LogP contribution in [0.25, 0.3) is 5.76 Å². The van der Waals surface area contributed by atoms with Gasteiger partial charge in [0.25, 0.3) is 0 Å². The van der Waals surface area contributed by atoms with Crippen molar-refractivity contribution < 1.29 is 31.4 Å². The smallest absolute Gasteiger partial charge is 0.417 e. The average molecular weight is 633 g/mol. The first kappa shape index (κ1) is 34.3. The molecular formula is C36H42F6N2O. The lowest BCUT2D eigenvalue weighted by Crippen LogP contribution is -2.28. The number of hydrogen-bond acceptors (Lipinski definition) is 3. The van der Waals surface area contributed by atoms with Crippen molar-refractivity contribution in [2.45, 2.75) is 91.4 Å². The predicted molar refractivity (Wildman–Crippen MR) is 170 cm³/mol. The van der Waals surface area contributed by atoms with Crippen molar-refractivity contribution in [1.29, 1.82) is 0 Å². The van der Waals surface area contributed by atoms with E-state index in [9.17, 15) is 31.4 Å². The number of hydrogen-bond donors (Lipinski definition) is 1. The van der Waals surface area contributed by atoms with Crippen LogP contribution in [0.4, 0.5) is 37.7 Å². The maximum absolute atomic E-state index is 14.5. The minimum atomic E-state index is -5.16. The number of benzene rings is 3. The van der Waals surface area contributed by atoms with Gasteiger partial charge in [0.05, 0.1) is 11.1 Å². The van der Waals surface area contributed by atoms with Gasteiger partial charge in [-0.3, -0.25) is 0 Å². The van der Waals surface area contributed by atoms with Crippen LogP contribution >= 0.6 is 0 Å². The Hall–Kier alpha value is -3.62. The molecule has 1 aliphatic heterocycles. The number of anilines is 2. The molecule has 3 aromatic rings. The van der Waals surface area contributed by atoms with E-state index >= 15 is 0 Å². The molecule has 244 valence electrons. The van der Waals surface area contributed by atoms with Gasteiger partial charge in [-0.25, -0.2) is 0 Å². The summed E-state index contributed by atoms with van der Waals surface area (Å²) in [6.45, 7) is 16.9. The van der Waals surface area contributed by atoms with E-state index in [0.717, 1.165) is 39.7 Å². The summed E-state index contributed by atoms with van der Waals surface area (Å²) in [7, 11) is 0. The molecule has 45 heavy (non-hydrogen) atoms. The zero-order chi connectivity index (χ0) is 33.6. The molecule has 1 aliphatic rings. The Morgan fingerprint density at radius 3 is 1.29 bits per heavy atom. The summed E-state index contributed by atoms with van der Waals surface area (Å²) in [5.41, 5.74) is 1.73. The molecule has 3 nitrogen and oxygen atoms in total. The zero-order valence-corrected chi connectivity index (χ0v) is 27.0. The summed E-state index contributed by atoms with van der Waals surface area (Å²) in [4.78, 5) is 3.72. The van der Waals surface area contributed by atoms with Gasteiger partial charge in [0.1, 0.15) is 0 Å². The van der Waals surface area contributed by atoms with Crippen LogP contribution in [0.1, 0.15) is 118 Å². The van der Waals surface area contributed by atoms with Crippen LogP contribution in [-0.4, -0.2) is 18.2 Å². The van der Waals surface area contributed by atoms with Crippen LogP contribution in [0, 0.1) is 0 Å². The second kappa shape index (κ2) is 12.6. The molecule has 0 radical (unpaired) electrons. The predicted octanol–water partition coefficient (Wildman–Crippen LogP) is 11.4. The third-order valence-electron chi connectivity index (χ3n) is 8.40. The van der Waals surface area contributed by atoms with E-state index in [-0.39, 0.29) is 35.6 Å². The summed E-state index contributed by atoms with van der Waals surface area (Å²) in [5, 5.41) is 12.1. The van der Waals surface area contributed by atoms with Crippen LogP contribution in [0.15, 0.2) is 60.4 Å². The number of rotatable bonds is 7. The molecule has 0 saturated carbocycles. The highest BCUT2D eigenvalue weighted by Crippen LogP contribution is 2.47. The van der Waals surface area contributed by atoms with Gasteiger partial charge in [0.2, 0.25) is 0 Å². The summed E-state index contributed by atoms with van der Waals surface area (Å²) in [5.74, 6) is -0.436. The van der Waals surface area contributed by atoms with E-state index in [1.807, 2.05) is 102 Å². The quantitative estimate of drug-likeness (QED) is 0.207. The van der Waals surface area contributed by atoms with E-state index in [0.29, 0.717) is 19.2 Å². The highest BCUT2D eigenvalue weighted by Gasteiger charge is 2.42. The molecule has 3 aromatic carbocycles.